The van der Waals surface area contributed by atoms with E-state index < -0.39 is 121 Å². The quantitative estimate of drug-likeness (QED) is 0.0428. The summed E-state index contributed by atoms with van der Waals surface area (Å²) in [5.74, 6) is -10.2. The van der Waals surface area contributed by atoms with Crippen LogP contribution in [-0.4, -0.2) is 136 Å². The maximum Gasteiger partial charge on any atom is 0.338 e. The van der Waals surface area contributed by atoms with E-state index in [2.05, 4.69) is 0 Å². The molecule has 0 fully saturated rings. The molecule has 3 aromatic carbocycles. The van der Waals surface area contributed by atoms with Crippen molar-refractivity contribution in [3.63, 3.8) is 0 Å². The SMILES string of the molecule is CC(=O)OCC(COC(=O)c1cc(O)c(O)c(O)c1)(COC(=O)c1cc(O)c(O)c(O)c1)COC(=O)c1cc(OCCO)c(OCCO)c(OCCO)c1. The number of aliphatic hydroxyl groups is 3. The molecule has 0 saturated heterocycles. The van der Waals surface area contributed by atoms with Crippen LogP contribution in [0.25, 0.3) is 0 Å². The number of aromatic hydroxyl groups is 6. The molecule has 0 spiro atoms. The standard InChI is InChI=1S/C34H38O20/c1-18(38)51-14-34(15-52-31(45)19-8-22(39)28(43)23(40)9-19,16-53-32(46)20-10-24(41)29(44)25(42)11-20)17-54-33(47)21-12-26(48-5-2-35)30(50-7-4-37)27(13-21)49-6-3-36/h8-13,35-37,39-44H,2-7,14-17H2,1H3. The largest absolute Gasteiger partial charge is 0.504 e. The van der Waals surface area contributed by atoms with Crippen LogP contribution in [0.3, 0.4) is 0 Å². The molecular weight excluding hydrogens is 728 g/mol. The van der Waals surface area contributed by atoms with Crippen molar-refractivity contribution in [3.8, 4) is 51.7 Å². The summed E-state index contributed by atoms with van der Waals surface area (Å²) < 4.78 is 37.8. The zero-order valence-electron chi connectivity index (χ0n) is 28.6. The minimum Gasteiger partial charge on any atom is -0.504 e. The lowest BCUT2D eigenvalue weighted by Gasteiger charge is -2.31. The molecule has 0 saturated carbocycles. The van der Waals surface area contributed by atoms with E-state index in [4.69, 9.17) is 33.2 Å². The Morgan fingerprint density at radius 3 is 1.15 bits per heavy atom. The molecule has 0 aliphatic carbocycles. The Kier molecular flexibility index (Phi) is 15.1. The Hall–Kier alpha value is -6.38. The number of carbonyl (C=O) groups is 4. The van der Waals surface area contributed by atoms with E-state index in [0.29, 0.717) is 0 Å². The number of carbonyl (C=O) groups excluding carboxylic acids is 4. The Morgan fingerprint density at radius 2 is 0.815 bits per heavy atom. The fourth-order valence-corrected chi connectivity index (χ4v) is 4.36. The van der Waals surface area contributed by atoms with E-state index in [0.717, 1.165) is 43.3 Å². The van der Waals surface area contributed by atoms with Gasteiger partial charge >= 0.3 is 23.9 Å². The summed E-state index contributed by atoms with van der Waals surface area (Å²) in [7, 11) is 0. The molecule has 0 aliphatic rings. The van der Waals surface area contributed by atoms with Gasteiger partial charge in [-0.3, -0.25) is 4.79 Å². The topological polar surface area (TPSA) is 315 Å². The number of ether oxygens (including phenoxy) is 7. The zero-order chi connectivity index (χ0) is 40.0. The highest BCUT2D eigenvalue weighted by molar-refractivity contribution is 5.92. The van der Waals surface area contributed by atoms with Gasteiger partial charge in [0, 0.05) is 6.92 Å². The number of rotatable bonds is 20. The highest BCUT2D eigenvalue weighted by Crippen LogP contribution is 2.40. The Bertz CT molecular complexity index is 1660. The molecule has 0 heterocycles. The van der Waals surface area contributed by atoms with Crippen LogP contribution >= 0.6 is 0 Å². The molecule has 20 nitrogen and oxygen atoms in total. The number of benzene rings is 3. The van der Waals surface area contributed by atoms with Crippen molar-refractivity contribution in [3.05, 3.63) is 53.1 Å². The summed E-state index contributed by atoms with van der Waals surface area (Å²) >= 11 is 0. The average Bonchev–Trinajstić information content (AvgIpc) is 3.15. The van der Waals surface area contributed by atoms with Gasteiger partial charge in [-0.05, 0) is 36.4 Å². The summed E-state index contributed by atoms with van der Waals surface area (Å²) in [6.07, 6.45) is 0. The lowest BCUT2D eigenvalue weighted by molar-refractivity contribution is -0.149. The van der Waals surface area contributed by atoms with Crippen LogP contribution in [0, 0.1) is 5.41 Å². The first-order valence-electron chi connectivity index (χ1n) is 15.7. The molecule has 0 bridgehead atoms. The summed E-state index contributed by atoms with van der Waals surface area (Å²) in [6, 6.07) is 5.31. The monoisotopic (exact) mass is 766 g/mol. The number of hydrogen-bond donors (Lipinski definition) is 9. The average molecular weight is 767 g/mol. The minimum absolute atomic E-state index is 0.0943. The molecule has 294 valence electrons. The third-order valence-electron chi connectivity index (χ3n) is 7.01. The summed E-state index contributed by atoms with van der Waals surface area (Å²) in [6.45, 7) is -4.43. The first-order valence-corrected chi connectivity index (χ1v) is 15.7. The van der Waals surface area contributed by atoms with E-state index >= 15 is 0 Å². The van der Waals surface area contributed by atoms with Gasteiger partial charge in [0.15, 0.2) is 46.0 Å². The Balaban J connectivity index is 2.02. The molecule has 0 atom stereocenters. The van der Waals surface area contributed by atoms with Crippen molar-refractivity contribution in [2.75, 3.05) is 66.1 Å². The van der Waals surface area contributed by atoms with E-state index in [-0.39, 0.29) is 42.6 Å². The third-order valence-corrected chi connectivity index (χ3v) is 7.01. The number of aliphatic hydroxyl groups excluding tert-OH is 3. The van der Waals surface area contributed by atoms with Gasteiger partial charge in [0.25, 0.3) is 0 Å². The molecule has 0 amide bonds. The van der Waals surface area contributed by atoms with Crippen LogP contribution in [0.1, 0.15) is 38.0 Å². The van der Waals surface area contributed by atoms with Crippen molar-refractivity contribution >= 4 is 23.9 Å². The second-order valence-electron chi connectivity index (χ2n) is 11.3. The van der Waals surface area contributed by atoms with Crippen molar-refractivity contribution in [1.82, 2.24) is 0 Å². The molecule has 20 heteroatoms. The van der Waals surface area contributed by atoms with Gasteiger partial charge < -0.3 is 79.1 Å². The van der Waals surface area contributed by atoms with Gasteiger partial charge in [-0.25, -0.2) is 14.4 Å². The molecule has 3 rings (SSSR count). The van der Waals surface area contributed by atoms with Gasteiger partial charge in [0.2, 0.25) is 5.75 Å². The van der Waals surface area contributed by atoms with E-state index in [1.54, 1.807) is 0 Å². The van der Waals surface area contributed by atoms with Crippen molar-refractivity contribution in [2.24, 2.45) is 5.41 Å². The first-order chi connectivity index (χ1) is 25.6. The fourth-order valence-electron chi connectivity index (χ4n) is 4.36. The second-order valence-corrected chi connectivity index (χ2v) is 11.3. The van der Waals surface area contributed by atoms with Crippen molar-refractivity contribution < 1.29 is 98.3 Å². The Labute approximate surface area is 305 Å². The van der Waals surface area contributed by atoms with Crippen LogP contribution in [0.4, 0.5) is 0 Å². The van der Waals surface area contributed by atoms with Gasteiger partial charge in [-0.1, -0.05) is 0 Å². The van der Waals surface area contributed by atoms with Gasteiger partial charge in [-0.15, -0.1) is 0 Å². The number of phenols is 6. The molecule has 0 radical (unpaired) electrons. The van der Waals surface area contributed by atoms with Crippen LogP contribution < -0.4 is 14.2 Å². The molecule has 0 unspecified atom stereocenters. The third kappa shape index (κ3) is 11.3. The number of hydrogen-bond acceptors (Lipinski definition) is 20. The maximum absolute atomic E-state index is 13.5. The summed E-state index contributed by atoms with van der Waals surface area (Å²) in [4.78, 5) is 51.5. The first kappa shape index (κ1) is 42.0. The van der Waals surface area contributed by atoms with Crippen LogP contribution in [0.5, 0.6) is 51.7 Å². The summed E-state index contributed by atoms with van der Waals surface area (Å²) in [5.41, 5.74) is -3.15. The van der Waals surface area contributed by atoms with Crippen LogP contribution in [-0.2, 0) is 23.7 Å². The number of esters is 4. The van der Waals surface area contributed by atoms with E-state index in [1.807, 2.05) is 0 Å². The molecule has 0 aromatic heterocycles. The molecule has 0 aliphatic heterocycles. The molecule has 3 aromatic rings. The second kappa shape index (κ2) is 19.5. The smallest absolute Gasteiger partial charge is 0.338 e. The minimum atomic E-state index is -1.94. The van der Waals surface area contributed by atoms with Crippen LogP contribution in [0.2, 0.25) is 0 Å². The van der Waals surface area contributed by atoms with Crippen molar-refractivity contribution in [2.45, 2.75) is 6.92 Å². The van der Waals surface area contributed by atoms with Crippen LogP contribution in [0.15, 0.2) is 36.4 Å². The summed E-state index contributed by atoms with van der Waals surface area (Å²) in [5, 5.41) is 86.6. The fraction of sp³-hybridized carbons (Fsp3) is 0.353. The van der Waals surface area contributed by atoms with Gasteiger partial charge in [0.05, 0.1) is 36.5 Å². The predicted molar refractivity (Wildman–Crippen MR) is 177 cm³/mol. The van der Waals surface area contributed by atoms with Crippen molar-refractivity contribution in [1.29, 1.82) is 0 Å². The van der Waals surface area contributed by atoms with Gasteiger partial charge in [0.1, 0.15) is 51.7 Å². The Morgan fingerprint density at radius 1 is 0.500 bits per heavy atom. The van der Waals surface area contributed by atoms with Gasteiger partial charge in [-0.2, -0.15) is 0 Å². The lowest BCUT2D eigenvalue weighted by Crippen LogP contribution is -2.44. The maximum atomic E-state index is 13.5. The van der Waals surface area contributed by atoms with E-state index in [1.165, 1.54) is 0 Å². The lowest BCUT2D eigenvalue weighted by atomic mass is 9.92. The predicted octanol–water partition coefficient (Wildman–Crippen LogP) is 0.454. The molecule has 54 heavy (non-hydrogen) atoms. The zero-order valence-corrected chi connectivity index (χ0v) is 28.6. The highest BCUT2D eigenvalue weighted by atomic mass is 16.6. The van der Waals surface area contributed by atoms with E-state index in [9.17, 15) is 65.1 Å². The highest BCUT2D eigenvalue weighted by Gasteiger charge is 2.39. The molecule has 9 N–H and O–H groups in total. The number of phenolic OH excluding ortho intramolecular Hbond substituents is 6. The normalized spacial score (nSPS) is 11.0. The molecular formula is C34H38O20.